The average molecular weight is 314 g/mol. The summed E-state index contributed by atoms with van der Waals surface area (Å²) in [5, 5.41) is 0.754. The van der Waals surface area contributed by atoms with E-state index < -0.39 is 0 Å². The highest BCUT2D eigenvalue weighted by molar-refractivity contribution is 7.18. The molecule has 7 nitrogen and oxygen atoms in total. The van der Waals surface area contributed by atoms with Crippen LogP contribution in [-0.4, -0.2) is 68.9 Å². The molecule has 21 heavy (non-hydrogen) atoms. The number of nitrogens with two attached hydrogens (primary N) is 1. The van der Waals surface area contributed by atoms with E-state index in [0.717, 1.165) is 11.7 Å². The lowest BCUT2D eigenvalue weighted by Crippen LogP contribution is -2.30. The molecule has 2 atom stereocenters. The first-order chi connectivity index (χ1) is 10.0. The number of hydrogen-bond donors (Lipinski definition) is 1. The van der Waals surface area contributed by atoms with Gasteiger partial charge in [-0.25, -0.2) is 4.98 Å². The molecule has 0 spiro atoms. The maximum Gasteiger partial charge on any atom is 0.268 e. The number of methoxy groups -OCH3 is 2. The number of thiazole rings is 1. The molecule has 1 amide bonds. The van der Waals surface area contributed by atoms with Crippen LogP contribution in [0.5, 0.6) is 0 Å². The number of nitrogens with zero attached hydrogens (tertiary/aromatic N) is 3. The summed E-state index contributed by atoms with van der Waals surface area (Å²) in [6.45, 7) is 3.84. The van der Waals surface area contributed by atoms with Gasteiger partial charge in [0, 0.05) is 40.9 Å². The van der Waals surface area contributed by atoms with E-state index in [4.69, 9.17) is 15.2 Å². The van der Waals surface area contributed by atoms with Gasteiger partial charge in [0.05, 0.1) is 0 Å². The smallest absolute Gasteiger partial charge is 0.268 e. The molecule has 1 saturated heterocycles. The van der Waals surface area contributed by atoms with E-state index >= 15 is 0 Å². The zero-order chi connectivity index (χ0) is 15.6. The molecule has 0 aliphatic carbocycles. The third-order valence-electron chi connectivity index (χ3n) is 3.75. The molecular weight excluding hydrogens is 292 g/mol. The lowest BCUT2D eigenvalue weighted by molar-refractivity contribution is -0.00461. The third-order valence-corrected chi connectivity index (χ3v) is 4.92. The molecule has 0 bridgehead atoms. The van der Waals surface area contributed by atoms with Crippen molar-refractivity contribution >= 4 is 28.2 Å². The fourth-order valence-electron chi connectivity index (χ4n) is 2.28. The normalized spacial score (nSPS) is 21.8. The second-order valence-electron chi connectivity index (χ2n) is 4.98. The molecule has 2 rings (SSSR count). The Hall–Kier alpha value is -1.38. The van der Waals surface area contributed by atoms with Crippen molar-refractivity contribution in [3.05, 3.63) is 4.88 Å². The molecule has 2 N–H and O–H groups in total. The molecule has 0 saturated carbocycles. The molecular formula is C13H22N4O3S. The number of rotatable bonds is 5. The summed E-state index contributed by atoms with van der Waals surface area (Å²) in [6.07, 6.45) is -0.211. The number of likely N-dealkylation sites (tertiary alicyclic amines) is 1. The highest BCUT2D eigenvalue weighted by Gasteiger charge is 2.37. The number of ether oxygens (including phenoxy) is 2. The first-order valence-corrected chi connectivity index (χ1v) is 7.65. The fourth-order valence-corrected chi connectivity index (χ4v) is 3.26. The zero-order valence-corrected chi connectivity index (χ0v) is 13.6. The summed E-state index contributed by atoms with van der Waals surface area (Å²) in [6, 6.07) is 0. The van der Waals surface area contributed by atoms with E-state index in [1.54, 1.807) is 19.1 Å². The summed E-state index contributed by atoms with van der Waals surface area (Å²) >= 11 is 1.32. The maximum absolute atomic E-state index is 12.6. The number of amides is 1. The van der Waals surface area contributed by atoms with E-state index in [2.05, 4.69) is 4.98 Å². The molecule has 0 aromatic carbocycles. The highest BCUT2D eigenvalue weighted by atomic mass is 32.1. The second-order valence-corrected chi connectivity index (χ2v) is 5.96. The lowest BCUT2D eigenvalue weighted by Gasteiger charge is -2.14. The summed E-state index contributed by atoms with van der Waals surface area (Å²) in [5.74, 6) is 0.178. The number of nitrogen functional groups attached to an aromatic ring is 1. The largest absolute Gasteiger partial charge is 0.382 e. The van der Waals surface area contributed by atoms with Gasteiger partial charge in [0.25, 0.3) is 5.91 Å². The minimum Gasteiger partial charge on any atom is -0.382 e. The van der Waals surface area contributed by atoms with Crippen LogP contribution in [0.3, 0.4) is 0 Å². The van der Waals surface area contributed by atoms with Gasteiger partial charge in [-0.2, -0.15) is 0 Å². The minimum absolute atomic E-state index is 0.106. The van der Waals surface area contributed by atoms with Crippen LogP contribution in [0.1, 0.15) is 16.6 Å². The number of hydrogen-bond acceptors (Lipinski definition) is 7. The molecule has 1 aliphatic rings. The standard InChI is InChI=1S/C13H22N4O3S/c1-5-16(2)13-15-11(14)10(21-13)12(18)17-6-8(19-3)9(7-17)20-4/h8-9H,5-7,14H2,1-4H3. The van der Waals surface area contributed by atoms with Crippen molar-refractivity contribution in [2.24, 2.45) is 0 Å². The van der Waals surface area contributed by atoms with Gasteiger partial charge < -0.3 is 25.0 Å². The summed E-state index contributed by atoms with van der Waals surface area (Å²) in [5.41, 5.74) is 5.90. The Morgan fingerprint density at radius 2 is 2.00 bits per heavy atom. The minimum atomic E-state index is -0.109. The van der Waals surface area contributed by atoms with Gasteiger partial charge in [-0.05, 0) is 6.92 Å². The predicted octanol–water partition coefficient (Wildman–Crippen LogP) is 0.667. The highest BCUT2D eigenvalue weighted by Crippen LogP contribution is 2.30. The second kappa shape index (κ2) is 6.59. The summed E-state index contributed by atoms with van der Waals surface area (Å²) < 4.78 is 10.7. The van der Waals surface area contributed by atoms with Crippen molar-refractivity contribution < 1.29 is 14.3 Å². The van der Waals surface area contributed by atoms with E-state index in [9.17, 15) is 4.79 Å². The Morgan fingerprint density at radius 3 is 2.48 bits per heavy atom. The van der Waals surface area contributed by atoms with Gasteiger partial charge in [-0.1, -0.05) is 11.3 Å². The van der Waals surface area contributed by atoms with Crippen LogP contribution in [0, 0.1) is 0 Å². The third kappa shape index (κ3) is 3.12. The van der Waals surface area contributed by atoms with Gasteiger partial charge in [-0.3, -0.25) is 4.79 Å². The van der Waals surface area contributed by atoms with Crippen molar-refractivity contribution in [1.29, 1.82) is 0 Å². The summed E-state index contributed by atoms with van der Waals surface area (Å²) in [4.78, 5) is 21.0. The van der Waals surface area contributed by atoms with Crippen molar-refractivity contribution in [2.45, 2.75) is 19.1 Å². The molecule has 1 aromatic heterocycles. The average Bonchev–Trinajstić information content (AvgIpc) is 3.08. The van der Waals surface area contributed by atoms with Crippen LogP contribution in [0.4, 0.5) is 10.9 Å². The Kier molecular flexibility index (Phi) is 5.02. The van der Waals surface area contributed by atoms with Gasteiger partial charge in [-0.15, -0.1) is 0 Å². The van der Waals surface area contributed by atoms with Crippen molar-refractivity contribution in [2.75, 3.05) is 51.5 Å². The summed E-state index contributed by atoms with van der Waals surface area (Å²) in [7, 11) is 5.17. The first kappa shape index (κ1) is 16.0. The fraction of sp³-hybridized carbons (Fsp3) is 0.692. The monoisotopic (exact) mass is 314 g/mol. The number of carbonyl (C=O) groups is 1. The number of aromatic nitrogens is 1. The van der Waals surface area contributed by atoms with Gasteiger partial charge in [0.15, 0.2) is 5.13 Å². The molecule has 1 fully saturated rings. The van der Waals surface area contributed by atoms with E-state index in [0.29, 0.717) is 18.0 Å². The van der Waals surface area contributed by atoms with E-state index in [1.807, 2.05) is 18.9 Å². The van der Waals surface area contributed by atoms with E-state index in [-0.39, 0.29) is 23.9 Å². The Morgan fingerprint density at radius 1 is 1.43 bits per heavy atom. The van der Waals surface area contributed by atoms with Crippen LogP contribution in [0.25, 0.3) is 0 Å². The van der Waals surface area contributed by atoms with Crippen LogP contribution < -0.4 is 10.6 Å². The van der Waals surface area contributed by atoms with E-state index in [1.165, 1.54) is 11.3 Å². The zero-order valence-electron chi connectivity index (χ0n) is 12.8. The molecule has 1 aromatic rings. The van der Waals surface area contributed by atoms with Gasteiger partial charge in [0.1, 0.15) is 22.9 Å². The van der Waals surface area contributed by atoms with Crippen LogP contribution in [-0.2, 0) is 9.47 Å². The van der Waals surface area contributed by atoms with Gasteiger partial charge in [0.2, 0.25) is 0 Å². The molecule has 2 unspecified atom stereocenters. The van der Waals surface area contributed by atoms with Crippen molar-refractivity contribution in [3.8, 4) is 0 Å². The lowest BCUT2D eigenvalue weighted by atomic mass is 10.3. The SMILES string of the molecule is CCN(C)c1nc(N)c(C(=O)N2CC(OC)C(OC)C2)s1. The molecule has 0 radical (unpaired) electrons. The van der Waals surface area contributed by atoms with Crippen molar-refractivity contribution in [1.82, 2.24) is 9.88 Å². The number of carbonyl (C=O) groups excluding carboxylic acids is 1. The Bertz CT molecular complexity index is 496. The number of anilines is 2. The van der Waals surface area contributed by atoms with Crippen LogP contribution >= 0.6 is 11.3 Å². The van der Waals surface area contributed by atoms with Crippen LogP contribution in [0.15, 0.2) is 0 Å². The molecule has 1 aliphatic heterocycles. The quantitative estimate of drug-likeness (QED) is 0.860. The predicted molar refractivity (Wildman–Crippen MR) is 83.0 cm³/mol. The Labute approximate surface area is 128 Å². The topological polar surface area (TPSA) is 80.9 Å². The Balaban J connectivity index is 2.16. The molecule has 118 valence electrons. The van der Waals surface area contributed by atoms with Crippen LogP contribution in [0.2, 0.25) is 0 Å². The molecule has 2 heterocycles. The maximum atomic E-state index is 12.6. The van der Waals surface area contributed by atoms with Crippen molar-refractivity contribution in [3.63, 3.8) is 0 Å². The first-order valence-electron chi connectivity index (χ1n) is 6.84. The molecule has 8 heteroatoms. The van der Waals surface area contributed by atoms with Gasteiger partial charge >= 0.3 is 0 Å².